The Bertz CT molecular complexity index is 339. The van der Waals surface area contributed by atoms with Crippen LogP contribution in [0.4, 0.5) is 13.2 Å². The Labute approximate surface area is 87.3 Å². The van der Waals surface area contributed by atoms with Crippen LogP contribution >= 0.6 is 35.8 Å². The molecule has 0 fully saturated rings. The maximum Gasteiger partial charge on any atom is 0.434 e. The second-order valence-electron chi connectivity index (χ2n) is 2.12. The van der Waals surface area contributed by atoms with Crippen molar-refractivity contribution in [3.63, 3.8) is 0 Å². The third-order valence-corrected chi connectivity index (χ3v) is 2.24. The summed E-state index contributed by atoms with van der Waals surface area (Å²) in [7, 11) is 0. The molecular weight excluding hydrogens is 246 g/mol. The van der Waals surface area contributed by atoms with Crippen molar-refractivity contribution in [1.82, 2.24) is 4.98 Å². The molecule has 1 heterocycles. The number of rotatable bonds is 0. The molecule has 0 atom stereocenters. The normalized spacial score (nSPS) is 11.8. The molecule has 72 valence electrons. The molecule has 0 bridgehead atoms. The van der Waals surface area contributed by atoms with Gasteiger partial charge in [-0.25, -0.2) is 4.98 Å². The minimum Gasteiger partial charge on any atom is -0.230 e. The molecule has 1 rings (SSSR count). The van der Waals surface area contributed by atoms with Crippen LogP contribution in [0.1, 0.15) is 5.69 Å². The van der Waals surface area contributed by atoms with Crippen molar-refractivity contribution in [2.75, 3.05) is 0 Å². The van der Waals surface area contributed by atoms with E-state index in [0.717, 1.165) is 6.07 Å². The Hall–Kier alpha value is -0.130. The van der Waals surface area contributed by atoms with E-state index in [9.17, 15) is 13.2 Å². The number of alkyl halides is 3. The van der Waals surface area contributed by atoms with Crippen LogP contribution in [0.2, 0.25) is 10.2 Å². The van der Waals surface area contributed by atoms with Gasteiger partial charge in [0, 0.05) is 4.90 Å². The van der Waals surface area contributed by atoms with Crippen LogP contribution < -0.4 is 0 Å². The Kier molecular flexibility index (Phi) is 2.99. The summed E-state index contributed by atoms with van der Waals surface area (Å²) in [6.07, 6.45) is -4.61. The first-order valence-corrected chi connectivity index (χ1v) is 4.15. The summed E-state index contributed by atoms with van der Waals surface area (Å²) in [5.41, 5.74) is -1.22. The number of halogens is 5. The highest BCUT2D eigenvalue weighted by molar-refractivity contribution is 7.80. The first-order chi connectivity index (χ1) is 5.82. The van der Waals surface area contributed by atoms with Crippen LogP contribution in [0.15, 0.2) is 11.0 Å². The van der Waals surface area contributed by atoms with Gasteiger partial charge in [0.25, 0.3) is 0 Å². The topological polar surface area (TPSA) is 12.9 Å². The second-order valence-corrected chi connectivity index (χ2v) is 3.37. The lowest BCUT2D eigenvalue weighted by molar-refractivity contribution is -0.141. The number of thiol groups is 1. The fraction of sp³-hybridized carbons (Fsp3) is 0.167. The van der Waals surface area contributed by atoms with Gasteiger partial charge in [-0.1, -0.05) is 23.2 Å². The first kappa shape index (κ1) is 10.9. The molecule has 0 unspecified atom stereocenters. The van der Waals surface area contributed by atoms with E-state index in [1.54, 1.807) is 0 Å². The van der Waals surface area contributed by atoms with E-state index in [1.807, 2.05) is 0 Å². The van der Waals surface area contributed by atoms with Gasteiger partial charge in [0.05, 0.1) is 5.02 Å². The zero-order valence-electron chi connectivity index (χ0n) is 5.86. The van der Waals surface area contributed by atoms with Crippen LogP contribution in [0.3, 0.4) is 0 Å². The van der Waals surface area contributed by atoms with Crippen molar-refractivity contribution in [2.24, 2.45) is 0 Å². The van der Waals surface area contributed by atoms with Gasteiger partial charge in [0.2, 0.25) is 0 Å². The summed E-state index contributed by atoms with van der Waals surface area (Å²) in [5.74, 6) is 0. The van der Waals surface area contributed by atoms with E-state index >= 15 is 0 Å². The maximum absolute atomic E-state index is 12.2. The Morgan fingerprint density at radius 1 is 1.31 bits per heavy atom. The summed E-state index contributed by atoms with van der Waals surface area (Å²) in [4.78, 5) is 3.02. The van der Waals surface area contributed by atoms with Gasteiger partial charge in [0.1, 0.15) is 5.15 Å². The lowest BCUT2D eigenvalue weighted by Crippen LogP contribution is -2.09. The molecule has 1 aromatic rings. The fourth-order valence-electron chi connectivity index (χ4n) is 0.673. The van der Waals surface area contributed by atoms with Crippen LogP contribution in [0, 0.1) is 0 Å². The van der Waals surface area contributed by atoms with Gasteiger partial charge < -0.3 is 0 Å². The smallest absolute Gasteiger partial charge is 0.230 e. The molecule has 1 nitrogen and oxygen atoms in total. The zero-order chi connectivity index (χ0) is 10.2. The van der Waals surface area contributed by atoms with Gasteiger partial charge in [-0.3, -0.25) is 0 Å². The van der Waals surface area contributed by atoms with Crippen LogP contribution in [0.5, 0.6) is 0 Å². The van der Waals surface area contributed by atoms with Crippen molar-refractivity contribution in [3.05, 3.63) is 21.9 Å². The maximum atomic E-state index is 12.2. The Morgan fingerprint density at radius 2 is 1.85 bits per heavy atom. The van der Waals surface area contributed by atoms with Gasteiger partial charge >= 0.3 is 6.18 Å². The number of pyridine rings is 1. The zero-order valence-corrected chi connectivity index (χ0v) is 8.27. The summed E-state index contributed by atoms with van der Waals surface area (Å²) < 4.78 is 36.5. The lowest BCUT2D eigenvalue weighted by atomic mass is 10.3. The minimum absolute atomic E-state index is 0.0472. The third-order valence-electron chi connectivity index (χ3n) is 1.18. The first-order valence-electron chi connectivity index (χ1n) is 2.94. The quantitative estimate of drug-likeness (QED) is 0.545. The van der Waals surface area contributed by atoms with E-state index in [0.29, 0.717) is 0 Å². The Morgan fingerprint density at radius 3 is 2.31 bits per heavy atom. The minimum atomic E-state index is -4.61. The van der Waals surface area contributed by atoms with Crippen LogP contribution in [-0.4, -0.2) is 4.98 Å². The second kappa shape index (κ2) is 3.55. The van der Waals surface area contributed by atoms with E-state index in [4.69, 9.17) is 23.2 Å². The van der Waals surface area contributed by atoms with Gasteiger partial charge in [-0.15, -0.1) is 12.6 Å². The van der Waals surface area contributed by atoms with Gasteiger partial charge in [-0.2, -0.15) is 13.2 Å². The predicted octanol–water partition coefficient (Wildman–Crippen LogP) is 3.70. The summed E-state index contributed by atoms with van der Waals surface area (Å²) in [5, 5.41) is -0.832. The highest BCUT2D eigenvalue weighted by Crippen LogP contribution is 2.37. The molecule has 0 amide bonds. The van der Waals surface area contributed by atoms with E-state index in [1.165, 1.54) is 0 Å². The summed E-state index contributed by atoms with van der Waals surface area (Å²) in [6, 6.07) is 1.14. The number of nitrogens with zero attached hydrogens (tertiary/aromatic N) is 1. The highest BCUT2D eigenvalue weighted by Gasteiger charge is 2.36. The highest BCUT2D eigenvalue weighted by atomic mass is 35.5. The molecule has 0 radical (unpaired) electrons. The monoisotopic (exact) mass is 247 g/mol. The molecule has 13 heavy (non-hydrogen) atoms. The molecule has 0 aromatic carbocycles. The van der Waals surface area contributed by atoms with Crippen molar-refractivity contribution < 1.29 is 13.2 Å². The van der Waals surface area contributed by atoms with Gasteiger partial charge in [-0.05, 0) is 6.07 Å². The molecule has 7 heteroatoms. The molecule has 0 N–H and O–H groups in total. The van der Waals surface area contributed by atoms with Crippen LogP contribution in [-0.2, 0) is 6.18 Å². The SMILES string of the molecule is FC(F)(F)c1nc(Cl)cc(S)c1Cl. The average Bonchev–Trinajstić information content (AvgIpc) is 1.94. The standard InChI is InChI=1S/C6H2Cl2F3NS/c7-3-1-2(13)4(8)5(12-3)6(9,10)11/h1H,(H,12,13). The fourth-order valence-corrected chi connectivity index (χ4v) is 1.38. The number of aromatic nitrogens is 1. The number of hydrogen-bond donors (Lipinski definition) is 1. The van der Waals surface area contributed by atoms with Crippen molar-refractivity contribution in [2.45, 2.75) is 11.1 Å². The van der Waals surface area contributed by atoms with Gasteiger partial charge in [0.15, 0.2) is 5.69 Å². The summed E-state index contributed by atoms with van der Waals surface area (Å²) in [6.45, 7) is 0. The molecule has 0 aliphatic heterocycles. The molecule has 0 saturated carbocycles. The lowest BCUT2D eigenvalue weighted by Gasteiger charge is -2.09. The number of hydrogen-bond acceptors (Lipinski definition) is 2. The van der Waals surface area contributed by atoms with E-state index in [-0.39, 0.29) is 10.0 Å². The van der Waals surface area contributed by atoms with Crippen molar-refractivity contribution in [1.29, 1.82) is 0 Å². The molecule has 0 spiro atoms. The Balaban J connectivity index is 3.37. The van der Waals surface area contributed by atoms with E-state index < -0.39 is 16.9 Å². The molecule has 0 saturated heterocycles. The van der Waals surface area contributed by atoms with Crippen molar-refractivity contribution >= 4 is 35.8 Å². The molecule has 0 aliphatic carbocycles. The van der Waals surface area contributed by atoms with E-state index in [2.05, 4.69) is 17.6 Å². The molecule has 0 aliphatic rings. The van der Waals surface area contributed by atoms with Crippen LogP contribution in [0.25, 0.3) is 0 Å². The molecular formula is C6H2Cl2F3NS. The largest absolute Gasteiger partial charge is 0.434 e. The third kappa shape index (κ3) is 2.42. The average molecular weight is 248 g/mol. The predicted molar refractivity (Wildman–Crippen MR) is 46.5 cm³/mol. The molecule has 1 aromatic heterocycles. The summed E-state index contributed by atoms with van der Waals surface area (Å²) >= 11 is 14.4. The van der Waals surface area contributed by atoms with Crippen molar-refractivity contribution in [3.8, 4) is 0 Å².